The molecule has 1 aliphatic rings. The fraction of sp³-hybridized carbons (Fsp3) is 0.0417. The maximum atomic E-state index is 10.3. The molecule has 5 aromatic rings. The van der Waals surface area contributed by atoms with Gasteiger partial charge < -0.3 is 14.9 Å². The smallest absolute Gasteiger partial charge is 0.228 e. The van der Waals surface area contributed by atoms with Gasteiger partial charge in [0.1, 0.15) is 23.6 Å². The Hall–Kier alpha value is -4.39. The Bertz CT molecular complexity index is 1450. The highest BCUT2D eigenvalue weighted by molar-refractivity contribution is 5.70. The maximum Gasteiger partial charge on any atom is 0.228 e. The van der Waals surface area contributed by atoms with Crippen LogP contribution in [0.2, 0.25) is 0 Å². The minimum atomic E-state index is -0.210. The lowest BCUT2D eigenvalue weighted by Crippen LogP contribution is -2.14. The average Bonchev–Trinajstić information content (AvgIpc) is 3.22. The molecule has 3 heterocycles. The first-order valence-electron chi connectivity index (χ1n) is 9.78. The van der Waals surface area contributed by atoms with Gasteiger partial charge in [-0.25, -0.2) is 14.5 Å². The third-order valence-electron chi connectivity index (χ3n) is 5.47. The maximum absolute atomic E-state index is 10.3. The fourth-order valence-electron chi connectivity index (χ4n) is 4.07. The van der Waals surface area contributed by atoms with Crippen molar-refractivity contribution >= 4 is 5.65 Å². The van der Waals surface area contributed by atoms with Gasteiger partial charge in [-0.3, -0.25) is 0 Å². The van der Waals surface area contributed by atoms with Crippen molar-refractivity contribution in [3.05, 3.63) is 95.8 Å². The number of benzene rings is 3. The molecule has 1 aliphatic heterocycles. The van der Waals surface area contributed by atoms with Crippen LogP contribution in [0.4, 0.5) is 0 Å². The van der Waals surface area contributed by atoms with Gasteiger partial charge in [-0.2, -0.15) is 0 Å². The van der Waals surface area contributed by atoms with E-state index in [9.17, 15) is 10.2 Å². The summed E-state index contributed by atoms with van der Waals surface area (Å²) in [6.45, 7) is 0. The van der Waals surface area contributed by atoms with E-state index in [1.807, 2.05) is 42.5 Å². The number of nitrogens with zero attached hydrogens (tertiary/aromatic N) is 4. The summed E-state index contributed by atoms with van der Waals surface area (Å²) in [6.07, 6.45) is 1.54. The second kappa shape index (κ2) is 6.56. The number of hydrogen-bond acceptors (Lipinski definition) is 6. The van der Waals surface area contributed by atoms with Crippen molar-refractivity contribution in [2.45, 2.75) is 5.92 Å². The molecule has 0 aliphatic carbocycles. The highest BCUT2D eigenvalue weighted by Crippen LogP contribution is 2.48. The van der Waals surface area contributed by atoms with Crippen LogP contribution >= 0.6 is 0 Å². The summed E-state index contributed by atoms with van der Waals surface area (Å²) in [7, 11) is 0. The Morgan fingerprint density at radius 3 is 2.55 bits per heavy atom. The van der Waals surface area contributed by atoms with Crippen LogP contribution in [0.3, 0.4) is 0 Å². The Morgan fingerprint density at radius 2 is 1.71 bits per heavy atom. The second-order valence-corrected chi connectivity index (χ2v) is 7.35. The molecule has 2 N–H and O–H groups in total. The molecule has 3 aromatic carbocycles. The molecule has 0 amide bonds. The number of aromatic nitrogens is 4. The average molecular weight is 408 g/mol. The number of fused-ring (bicyclic) bond motifs is 4. The van der Waals surface area contributed by atoms with E-state index in [2.05, 4.69) is 10.1 Å². The zero-order valence-corrected chi connectivity index (χ0v) is 16.2. The topological polar surface area (TPSA) is 92.8 Å². The van der Waals surface area contributed by atoms with E-state index in [0.29, 0.717) is 28.7 Å². The number of para-hydroxylation sites is 1. The van der Waals surface area contributed by atoms with E-state index in [0.717, 1.165) is 16.7 Å². The molecule has 7 heteroatoms. The highest BCUT2D eigenvalue weighted by Gasteiger charge is 2.33. The largest absolute Gasteiger partial charge is 0.508 e. The van der Waals surface area contributed by atoms with Crippen LogP contribution in [0.25, 0.3) is 17.0 Å². The minimum Gasteiger partial charge on any atom is -0.508 e. The van der Waals surface area contributed by atoms with Crippen LogP contribution < -0.4 is 4.74 Å². The standard InChI is InChI=1S/C24H16N4O3/c29-15-10-11-17-19(12-15)31-24-21(20(17)14-6-2-1-3-7-14)23-26-22(27-28(23)13-25-24)16-8-4-5-9-18(16)30/h1-13,20,29-30H/t20-/m1/s1. The lowest BCUT2D eigenvalue weighted by Gasteiger charge is -2.27. The third kappa shape index (κ3) is 2.71. The number of phenols is 2. The molecular weight excluding hydrogens is 392 g/mol. The molecule has 0 saturated carbocycles. The second-order valence-electron chi connectivity index (χ2n) is 7.35. The summed E-state index contributed by atoms with van der Waals surface area (Å²) in [5, 5.41) is 24.8. The first-order valence-corrected chi connectivity index (χ1v) is 9.78. The van der Waals surface area contributed by atoms with E-state index < -0.39 is 0 Å². The van der Waals surface area contributed by atoms with Crippen molar-refractivity contribution in [2.24, 2.45) is 0 Å². The molecule has 6 rings (SSSR count). The summed E-state index contributed by atoms with van der Waals surface area (Å²) >= 11 is 0. The Morgan fingerprint density at radius 1 is 0.903 bits per heavy atom. The summed E-state index contributed by atoms with van der Waals surface area (Å²) in [5.41, 5.74) is 3.86. The molecule has 0 unspecified atom stereocenters. The van der Waals surface area contributed by atoms with Crippen LogP contribution in [0.5, 0.6) is 23.1 Å². The molecule has 0 saturated heterocycles. The van der Waals surface area contributed by atoms with Gasteiger partial charge in [0.05, 0.1) is 11.1 Å². The summed E-state index contributed by atoms with van der Waals surface area (Å²) in [5.74, 6) is 1.39. The highest BCUT2D eigenvalue weighted by atomic mass is 16.5. The number of hydrogen-bond donors (Lipinski definition) is 2. The Balaban J connectivity index is 1.63. The van der Waals surface area contributed by atoms with Gasteiger partial charge in [-0.15, -0.1) is 5.10 Å². The van der Waals surface area contributed by atoms with Crippen LogP contribution in [-0.4, -0.2) is 29.8 Å². The SMILES string of the molecule is Oc1ccc2c(c1)Oc1ncn3nc(-c4ccccc4O)nc3c1[C@@H]2c1ccccc1. The van der Waals surface area contributed by atoms with Crippen molar-refractivity contribution in [3.63, 3.8) is 0 Å². The molecule has 1 atom stereocenters. The van der Waals surface area contributed by atoms with Crippen molar-refractivity contribution in [2.75, 3.05) is 0 Å². The van der Waals surface area contributed by atoms with Crippen molar-refractivity contribution in [1.29, 1.82) is 0 Å². The number of ether oxygens (including phenoxy) is 1. The predicted octanol–water partition coefficient (Wildman–Crippen LogP) is 4.49. The van der Waals surface area contributed by atoms with Gasteiger partial charge in [-0.1, -0.05) is 48.5 Å². The van der Waals surface area contributed by atoms with Crippen molar-refractivity contribution < 1.29 is 14.9 Å². The number of rotatable bonds is 2. The Labute approximate surface area is 176 Å². The Kier molecular flexibility index (Phi) is 3.70. The summed E-state index contributed by atoms with van der Waals surface area (Å²) < 4.78 is 7.66. The molecule has 0 fully saturated rings. The summed E-state index contributed by atoms with van der Waals surface area (Å²) in [4.78, 5) is 9.22. The summed E-state index contributed by atoms with van der Waals surface area (Å²) in [6, 6.07) is 22.1. The van der Waals surface area contributed by atoms with Gasteiger partial charge >= 0.3 is 0 Å². The van der Waals surface area contributed by atoms with Crippen LogP contribution in [0.15, 0.2) is 79.1 Å². The molecule has 31 heavy (non-hydrogen) atoms. The van der Waals surface area contributed by atoms with Gasteiger partial charge in [0, 0.05) is 17.5 Å². The van der Waals surface area contributed by atoms with E-state index in [4.69, 9.17) is 9.72 Å². The zero-order chi connectivity index (χ0) is 20.9. The third-order valence-corrected chi connectivity index (χ3v) is 5.47. The lowest BCUT2D eigenvalue weighted by molar-refractivity contribution is 0.422. The molecule has 0 bridgehead atoms. The first kappa shape index (κ1) is 17.5. The number of phenolic OH excluding ortho intramolecular Hbond substituents is 2. The number of aromatic hydroxyl groups is 2. The quantitative estimate of drug-likeness (QED) is 0.439. The van der Waals surface area contributed by atoms with E-state index in [1.54, 1.807) is 41.2 Å². The van der Waals surface area contributed by atoms with Gasteiger partial charge in [0.2, 0.25) is 5.88 Å². The first-order chi connectivity index (χ1) is 15.2. The fourth-order valence-corrected chi connectivity index (χ4v) is 4.07. The molecule has 150 valence electrons. The zero-order valence-electron chi connectivity index (χ0n) is 16.2. The van der Waals surface area contributed by atoms with Crippen LogP contribution in [0, 0.1) is 0 Å². The normalized spacial score (nSPS) is 14.6. The lowest BCUT2D eigenvalue weighted by atomic mass is 9.84. The van der Waals surface area contributed by atoms with Gasteiger partial charge in [0.25, 0.3) is 0 Å². The van der Waals surface area contributed by atoms with Gasteiger partial charge in [0.15, 0.2) is 11.5 Å². The van der Waals surface area contributed by atoms with Crippen molar-refractivity contribution in [3.8, 4) is 34.5 Å². The molecule has 2 aromatic heterocycles. The van der Waals surface area contributed by atoms with E-state index in [-0.39, 0.29) is 17.4 Å². The molecule has 0 spiro atoms. The predicted molar refractivity (Wildman–Crippen MR) is 113 cm³/mol. The van der Waals surface area contributed by atoms with Gasteiger partial charge in [-0.05, 0) is 23.8 Å². The molecule has 0 radical (unpaired) electrons. The minimum absolute atomic E-state index is 0.108. The van der Waals surface area contributed by atoms with E-state index >= 15 is 0 Å². The molecular formula is C24H16N4O3. The molecule has 7 nitrogen and oxygen atoms in total. The van der Waals surface area contributed by atoms with Crippen LogP contribution in [-0.2, 0) is 0 Å². The monoisotopic (exact) mass is 408 g/mol. The van der Waals surface area contributed by atoms with Crippen LogP contribution in [0.1, 0.15) is 22.6 Å². The van der Waals surface area contributed by atoms with Crippen molar-refractivity contribution in [1.82, 2.24) is 19.6 Å². The van der Waals surface area contributed by atoms with E-state index in [1.165, 1.54) is 0 Å².